The van der Waals surface area contributed by atoms with Crippen molar-refractivity contribution in [1.82, 2.24) is 4.72 Å². The molecule has 1 aliphatic heterocycles. The Bertz CT molecular complexity index is 505. The van der Waals surface area contributed by atoms with Crippen molar-refractivity contribution >= 4 is 15.7 Å². The molecular formula is C13H20N2O2S. The molecule has 0 saturated carbocycles. The van der Waals surface area contributed by atoms with E-state index in [0.717, 1.165) is 31.6 Å². The highest BCUT2D eigenvalue weighted by Gasteiger charge is 2.23. The molecule has 1 heterocycles. The summed E-state index contributed by atoms with van der Waals surface area (Å²) in [7, 11) is -3.42. The minimum Gasteiger partial charge on any atom is -0.370 e. The maximum Gasteiger partial charge on any atom is 0.242 e. The molecular weight excluding hydrogens is 248 g/mol. The zero-order chi connectivity index (χ0) is 13.2. The van der Waals surface area contributed by atoms with Gasteiger partial charge in [-0.3, -0.25) is 0 Å². The molecule has 100 valence electrons. The first kappa shape index (κ1) is 13.4. The number of nitrogens with zero attached hydrogens (tertiary/aromatic N) is 1. The Morgan fingerprint density at radius 1 is 1.17 bits per heavy atom. The van der Waals surface area contributed by atoms with Crippen LogP contribution in [-0.2, 0) is 10.0 Å². The molecule has 1 saturated heterocycles. The third-order valence-electron chi connectivity index (χ3n) is 2.99. The van der Waals surface area contributed by atoms with Crippen molar-refractivity contribution in [2.75, 3.05) is 18.0 Å². The van der Waals surface area contributed by atoms with Crippen LogP contribution in [0.15, 0.2) is 29.2 Å². The molecule has 1 aromatic carbocycles. The summed E-state index contributed by atoms with van der Waals surface area (Å²) >= 11 is 0. The molecule has 1 N–H and O–H groups in total. The first-order chi connectivity index (χ1) is 8.50. The van der Waals surface area contributed by atoms with Gasteiger partial charge in [0.2, 0.25) is 10.0 Å². The molecule has 1 aromatic rings. The van der Waals surface area contributed by atoms with Crippen molar-refractivity contribution in [3.05, 3.63) is 24.3 Å². The fourth-order valence-corrected chi connectivity index (χ4v) is 3.76. The van der Waals surface area contributed by atoms with Gasteiger partial charge in [0, 0.05) is 19.1 Å². The van der Waals surface area contributed by atoms with E-state index in [-0.39, 0.29) is 6.04 Å². The van der Waals surface area contributed by atoms with Crippen LogP contribution in [0.25, 0.3) is 0 Å². The van der Waals surface area contributed by atoms with Crippen LogP contribution in [0.5, 0.6) is 0 Å². The monoisotopic (exact) mass is 268 g/mol. The highest BCUT2D eigenvalue weighted by atomic mass is 32.2. The van der Waals surface area contributed by atoms with Crippen molar-refractivity contribution in [2.45, 2.75) is 37.6 Å². The lowest BCUT2D eigenvalue weighted by atomic mass is 10.3. The van der Waals surface area contributed by atoms with Crippen LogP contribution >= 0.6 is 0 Å². The summed E-state index contributed by atoms with van der Waals surface area (Å²) in [5.74, 6) is 0. The van der Waals surface area contributed by atoms with Crippen LogP contribution in [0, 0.1) is 0 Å². The number of para-hydroxylation sites is 1. The number of anilines is 1. The Kier molecular flexibility index (Phi) is 3.92. The summed E-state index contributed by atoms with van der Waals surface area (Å²) in [5.41, 5.74) is 0.822. The molecule has 0 unspecified atom stereocenters. The Labute approximate surface area is 109 Å². The smallest absolute Gasteiger partial charge is 0.242 e. The summed E-state index contributed by atoms with van der Waals surface area (Å²) in [5, 5.41) is 0. The molecule has 0 radical (unpaired) electrons. The summed E-state index contributed by atoms with van der Waals surface area (Å²) in [6.07, 6.45) is 2.26. The van der Waals surface area contributed by atoms with Crippen molar-refractivity contribution < 1.29 is 8.42 Å². The van der Waals surface area contributed by atoms with Gasteiger partial charge in [0.05, 0.1) is 5.69 Å². The topological polar surface area (TPSA) is 49.4 Å². The zero-order valence-electron chi connectivity index (χ0n) is 10.9. The van der Waals surface area contributed by atoms with Gasteiger partial charge < -0.3 is 4.90 Å². The maximum absolute atomic E-state index is 12.3. The first-order valence-electron chi connectivity index (χ1n) is 6.37. The average Bonchev–Trinajstić information content (AvgIpc) is 2.80. The molecule has 4 nitrogen and oxygen atoms in total. The van der Waals surface area contributed by atoms with Gasteiger partial charge in [-0.15, -0.1) is 0 Å². The molecule has 2 rings (SSSR count). The lowest BCUT2D eigenvalue weighted by Gasteiger charge is -2.21. The number of sulfonamides is 1. The van der Waals surface area contributed by atoms with Crippen LogP contribution in [0.3, 0.4) is 0 Å². The van der Waals surface area contributed by atoms with Crippen molar-refractivity contribution in [3.8, 4) is 0 Å². The zero-order valence-corrected chi connectivity index (χ0v) is 11.7. The highest BCUT2D eigenvalue weighted by molar-refractivity contribution is 7.89. The van der Waals surface area contributed by atoms with E-state index in [1.54, 1.807) is 12.1 Å². The van der Waals surface area contributed by atoms with Gasteiger partial charge in [-0.25, -0.2) is 13.1 Å². The van der Waals surface area contributed by atoms with Gasteiger partial charge in [0.1, 0.15) is 4.90 Å². The van der Waals surface area contributed by atoms with E-state index in [1.807, 2.05) is 26.0 Å². The molecule has 0 amide bonds. The average molecular weight is 268 g/mol. The molecule has 0 atom stereocenters. The summed E-state index contributed by atoms with van der Waals surface area (Å²) < 4.78 is 27.2. The van der Waals surface area contributed by atoms with Crippen molar-refractivity contribution in [1.29, 1.82) is 0 Å². The molecule has 0 aliphatic carbocycles. The molecule has 5 heteroatoms. The van der Waals surface area contributed by atoms with Gasteiger partial charge in [-0.2, -0.15) is 0 Å². The van der Waals surface area contributed by atoms with E-state index in [0.29, 0.717) is 4.90 Å². The quantitative estimate of drug-likeness (QED) is 0.908. The minimum absolute atomic E-state index is 0.0957. The Hall–Kier alpha value is -1.07. The second-order valence-corrected chi connectivity index (χ2v) is 6.62. The predicted octanol–water partition coefficient (Wildman–Crippen LogP) is 1.97. The number of rotatable bonds is 4. The maximum atomic E-state index is 12.3. The Balaban J connectivity index is 2.38. The Morgan fingerprint density at radius 3 is 2.39 bits per heavy atom. The predicted molar refractivity (Wildman–Crippen MR) is 73.3 cm³/mol. The molecule has 1 aliphatic rings. The lowest BCUT2D eigenvalue weighted by Crippen LogP contribution is -2.32. The summed E-state index contributed by atoms with van der Waals surface area (Å²) in [6, 6.07) is 7.14. The van der Waals surface area contributed by atoms with E-state index in [9.17, 15) is 8.42 Å². The first-order valence-corrected chi connectivity index (χ1v) is 7.85. The highest BCUT2D eigenvalue weighted by Crippen LogP contribution is 2.27. The van der Waals surface area contributed by atoms with E-state index < -0.39 is 10.0 Å². The summed E-state index contributed by atoms with van der Waals surface area (Å²) in [6.45, 7) is 5.54. The number of hydrogen-bond acceptors (Lipinski definition) is 3. The fourth-order valence-electron chi connectivity index (χ4n) is 2.28. The SMILES string of the molecule is CC(C)NS(=O)(=O)c1ccccc1N1CCCC1. The van der Waals surface area contributed by atoms with Crippen molar-refractivity contribution in [2.24, 2.45) is 0 Å². The van der Waals surface area contributed by atoms with Gasteiger partial charge in [0.15, 0.2) is 0 Å². The van der Waals surface area contributed by atoms with E-state index >= 15 is 0 Å². The largest absolute Gasteiger partial charge is 0.370 e. The van der Waals surface area contributed by atoms with E-state index in [2.05, 4.69) is 9.62 Å². The third kappa shape index (κ3) is 2.84. The standard InChI is InChI=1S/C13H20N2O2S/c1-11(2)14-18(16,17)13-8-4-3-7-12(13)15-9-5-6-10-15/h3-4,7-8,11,14H,5-6,9-10H2,1-2H3. The molecule has 0 spiro atoms. The lowest BCUT2D eigenvalue weighted by molar-refractivity contribution is 0.569. The normalized spacial score (nSPS) is 16.5. The number of hydrogen-bond donors (Lipinski definition) is 1. The molecule has 18 heavy (non-hydrogen) atoms. The second-order valence-electron chi connectivity index (χ2n) is 4.94. The van der Waals surface area contributed by atoms with Gasteiger partial charge >= 0.3 is 0 Å². The van der Waals surface area contributed by atoms with Crippen LogP contribution < -0.4 is 9.62 Å². The van der Waals surface area contributed by atoms with Gasteiger partial charge in [-0.1, -0.05) is 12.1 Å². The molecule has 0 bridgehead atoms. The third-order valence-corrected chi connectivity index (χ3v) is 4.70. The molecule has 0 aromatic heterocycles. The van der Waals surface area contributed by atoms with Crippen LogP contribution in [0.1, 0.15) is 26.7 Å². The summed E-state index contributed by atoms with van der Waals surface area (Å²) in [4.78, 5) is 2.54. The second kappa shape index (κ2) is 5.28. The number of nitrogens with one attached hydrogen (secondary N) is 1. The minimum atomic E-state index is -3.42. The van der Waals surface area contributed by atoms with Crippen LogP contribution in [0.4, 0.5) is 5.69 Å². The van der Waals surface area contributed by atoms with Gasteiger partial charge in [-0.05, 0) is 38.8 Å². The number of benzene rings is 1. The van der Waals surface area contributed by atoms with Crippen LogP contribution in [-0.4, -0.2) is 27.5 Å². The van der Waals surface area contributed by atoms with Crippen LogP contribution in [0.2, 0.25) is 0 Å². The van der Waals surface area contributed by atoms with Crippen molar-refractivity contribution in [3.63, 3.8) is 0 Å². The van der Waals surface area contributed by atoms with E-state index in [4.69, 9.17) is 0 Å². The van der Waals surface area contributed by atoms with E-state index in [1.165, 1.54) is 0 Å². The Morgan fingerprint density at radius 2 is 1.78 bits per heavy atom. The molecule has 1 fully saturated rings. The van der Waals surface area contributed by atoms with Gasteiger partial charge in [0.25, 0.3) is 0 Å². The fraction of sp³-hybridized carbons (Fsp3) is 0.538.